The third-order valence-corrected chi connectivity index (χ3v) is 7.51. The number of allylic oxidation sites excluding steroid dienone is 2. The summed E-state index contributed by atoms with van der Waals surface area (Å²) in [6.45, 7) is 8.16. The molecule has 0 bridgehead atoms. The van der Waals surface area contributed by atoms with Crippen LogP contribution in [0.5, 0.6) is 5.75 Å². The van der Waals surface area contributed by atoms with Crippen LogP contribution in [0.3, 0.4) is 0 Å². The van der Waals surface area contributed by atoms with Crippen LogP contribution in [0.4, 0.5) is 0 Å². The summed E-state index contributed by atoms with van der Waals surface area (Å²) in [4.78, 5) is 16.0. The van der Waals surface area contributed by atoms with E-state index in [1.807, 2.05) is 30.3 Å². The summed E-state index contributed by atoms with van der Waals surface area (Å²) >= 11 is 0. The highest BCUT2D eigenvalue weighted by atomic mass is 16.5. The number of carbonyl (C=O) groups excluding carboxylic acids is 1. The van der Waals surface area contributed by atoms with Crippen molar-refractivity contribution in [3.8, 4) is 11.8 Å². The Hall–Kier alpha value is -2.94. The summed E-state index contributed by atoms with van der Waals surface area (Å²) in [5.41, 5.74) is 6.18. The lowest BCUT2D eigenvalue weighted by Crippen LogP contribution is -2.39. The molecule has 33 heavy (non-hydrogen) atoms. The molecule has 0 amide bonds. The van der Waals surface area contributed by atoms with Crippen molar-refractivity contribution in [2.24, 2.45) is 0 Å². The van der Waals surface area contributed by atoms with Crippen LogP contribution >= 0.6 is 0 Å². The fourth-order valence-corrected chi connectivity index (χ4v) is 5.56. The molecule has 0 saturated carbocycles. The summed E-state index contributed by atoms with van der Waals surface area (Å²) in [5.74, 6) is 0.928. The lowest BCUT2D eigenvalue weighted by molar-refractivity contribution is 0.0796. The number of nitrogens with zero attached hydrogens (tertiary/aromatic N) is 2. The fraction of sp³-hybridized carbons (Fsp3) is 0.429. The van der Waals surface area contributed by atoms with E-state index in [-0.39, 0.29) is 17.3 Å². The highest BCUT2D eigenvalue weighted by Gasteiger charge is 2.43. The highest BCUT2D eigenvalue weighted by Crippen LogP contribution is 2.50. The number of likely N-dealkylation sites (tertiary alicyclic amines) is 1. The molecule has 1 fully saturated rings. The Kier molecular flexibility index (Phi) is 5.60. The van der Waals surface area contributed by atoms with Gasteiger partial charge in [-0.2, -0.15) is 5.26 Å². The van der Waals surface area contributed by atoms with Crippen LogP contribution in [-0.4, -0.2) is 50.1 Å². The van der Waals surface area contributed by atoms with E-state index in [2.05, 4.69) is 30.9 Å². The number of piperidine rings is 1. The van der Waals surface area contributed by atoms with E-state index in [1.54, 1.807) is 7.11 Å². The van der Waals surface area contributed by atoms with E-state index in [9.17, 15) is 10.1 Å². The molecule has 0 aromatic heterocycles. The van der Waals surface area contributed by atoms with Crippen molar-refractivity contribution < 1.29 is 14.3 Å². The van der Waals surface area contributed by atoms with Crippen LogP contribution in [0.25, 0.3) is 5.57 Å². The minimum Gasteiger partial charge on any atom is -0.490 e. The molecule has 3 aliphatic rings. The number of benzene rings is 2. The van der Waals surface area contributed by atoms with Gasteiger partial charge in [0.05, 0.1) is 18.2 Å². The van der Waals surface area contributed by atoms with E-state index >= 15 is 0 Å². The second-order valence-corrected chi connectivity index (χ2v) is 9.83. The summed E-state index contributed by atoms with van der Waals surface area (Å²) in [6.07, 6.45) is 2.90. The van der Waals surface area contributed by atoms with Gasteiger partial charge in [-0.1, -0.05) is 19.9 Å². The smallest absolute Gasteiger partial charge is 0.193 e. The van der Waals surface area contributed by atoms with E-state index in [1.165, 1.54) is 0 Å². The van der Waals surface area contributed by atoms with Crippen molar-refractivity contribution in [2.45, 2.75) is 44.6 Å². The first kappa shape index (κ1) is 21.9. The third kappa shape index (κ3) is 3.78. The standard InChI is InChI=1S/C28H30N2O3/c1-28(2)24-16-21(33-20-8-10-30(11-9-20)12-13-32-3)5-7-23(24)27(31)26-22-6-4-18(17-29)14-19(22)15-25(26)28/h4-7,14,16,20H,8-13,15H2,1-3H3. The van der Waals surface area contributed by atoms with Crippen LogP contribution in [0.2, 0.25) is 0 Å². The molecule has 5 rings (SSSR count). The van der Waals surface area contributed by atoms with Crippen molar-refractivity contribution in [3.05, 3.63) is 69.8 Å². The third-order valence-electron chi connectivity index (χ3n) is 7.51. The number of fused-ring (bicyclic) bond motifs is 3. The first-order valence-electron chi connectivity index (χ1n) is 11.8. The van der Waals surface area contributed by atoms with Crippen LogP contribution in [0, 0.1) is 11.3 Å². The van der Waals surface area contributed by atoms with Crippen molar-refractivity contribution in [3.63, 3.8) is 0 Å². The molecule has 0 radical (unpaired) electrons. The van der Waals surface area contributed by atoms with Crippen molar-refractivity contribution in [2.75, 3.05) is 33.4 Å². The SMILES string of the molecule is COCCN1CCC(Oc2ccc3c(c2)C(C)(C)C2=C(C3=O)c3ccc(C#N)cc3C2)CC1. The summed E-state index contributed by atoms with van der Waals surface area (Å²) in [7, 11) is 1.74. The second-order valence-electron chi connectivity index (χ2n) is 9.83. The number of carbonyl (C=O) groups is 1. The molecule has 2 aromatic rings. The van der Waals surface area contributed by atoms with Gasteiger partial charge in [0, 0.05) is 43.3 Å². The number of hydrogen-bond donors (Lipinski definition) is 0. The number of ketones is 1. The molecule has 1 aliphatic heterocycles. The van der Waals surface area contributed by atoms with E-state index in [0.29, 0.717) is 12.0 Å². The monoisotopic (exact) mass is 442 g/mol. The lowest BCUT2D eigenvalue weighted by atomic mass is 9.68. The zero-order chi connectivity index (χ0) is 23.2. The van der Waals surface area contributed by atoms with Gasteiger partial charge in [-0.15, -0.1) is 0 Å². The van der Waals surface area contributed by atoms with Gasteiger partial charge in [0.25, 0.3) is 0 Å². The minimum absolute atomic E-state index is 0.0841. The number of Topliss-reactive ketones (excluding diaryl/α,β-unsaturated/α-hetero) is 1. The van der Waals surface area contributed by atoms with Crippen LogP contribution < -0.4 is 4.74 Å². The molecule has 2 aliphatic carbocycles. The first-order chi connectivity index (χ1) is 15.9. The molecule has 1 heterocycles. The van der Waals surface area contributed by atoms with Gasteiger partial charge in [-0.05, 0) is 71.9 Å². The first-order valence-corrected chi connectivity index (χ1v) is 11.8. The molecule has 0 spiro atoms. The Morgan fingerprint density at radius 3 is 2.61 bits per heavy atom. The maximum Gasteiger partial charge on any atom is 0.193 e. The van der Waals surface area contributed by atoms with Crippen molar-refractivity contribution in [1.82, 2.24) is 4.90 Å². The molecular formula is C28H30N2O3. The molecule has 0 atom stereocenters. The van der Waals surface area contributed by atoms with E-state index < -0.39 is 0 Å². The maximum absolute atomic E-state index is 13.5. The van der Waals surface area contributed by atoms with E-state index in [0.717, 1.165) is 78.2 Å². The molecule has 0 N–H and O–H groups in total. The Morgan fingerprint density at radius 2 is 1.88 bits per heavy atom. The Balaban J connectivity index is 1.38. The van der Waals surface area contributed by atoms with Crippen LogP contribution in [0.15, 0.2) is 42.0 Å². The molecular weight excluding hydrogens is 412 g/mol. The van der Waals surface area contributed by atoms with Gasteiger partial charge in [-0.3, -0.25) is 4.79 Å². The van der Waals surface area contributed by atoms with Crippen molar-refractivity contribution in [1.29, 1.82) is 5.26 Å². The average Bonchev–Trinajstić information content (AvgIpc) is 3.22. The Labute approximate surface area is 195 Å². The van der Waals surface area contributed by atoms with Gasteiger partial charge in [0.2, 0.25) is 0 Å². The summed E-state index contributed by atoms with van der Waals surface area (Å²) in [6, 6.07) is 13.9. The average molecular weight is 443 g/mol. The summed E-state index contributed by atoms with van der Waals surface area (Å²) in [5, 5.41) is 9.29. The number of nitriles is 1. The zero-order valence-corrected chi connectivity index (χ0v) is 19.6. The highest BCUT2D eigenvalue weighted by molar-refractivity contribution is 6.33. The molecule has 1 saturated heterocycles. The fourth-order valence-electron chi connectivity index (χ4n) is 5.56. The molecule has 2 aromatic carbocycles. The largest absolute Gasteiger partial charge is 0.490 e. The second kappa shape index (κ2) is 8.44. The number of ether oxygens (including phenoxy) is 2. The van der Waals surface area contributed by atoms with Crippen LogP contribution in [0.1, 0.15) is 59.3 Å². The number of hydrogen-bond acceptors (Lipinski definition) is 5. The topological polar surface area (TPSA) is 62.6 Å². The van der Waals surface area contributed by atoms with E-state index in [4.69, 9.17) is 9.47 Å². The van der Waals surface area contributed by atoms with Gasteiger partial charge in [0.1, 0.15) is 11.9 Å². The molecule has 0 unspecified atom stereocenters. The lowest BCUT2D eigenvalue weighted by Gasteiger charge is -2.35. The molecule has 5 heteroatoms. The predicted octanol–water partition coefficient (Wildman–Crippen LogP) is 4.53. The summed E-state index contributed by atoms with van der Waals surface area (Å²) < 4.78 is 11.6. The minimum atomic E-state index is -0.284. The van der Waals surface area contributed by atoms with Gasteiger partial charge < -0.3 is 14.4 Å². The number of rotatable bonds is 5. The van der Waals surface area contributed by atoms with Gasteiger partial charge in [0.15, 0.2) is 5.78 Å². The Bertz CT molecular complexity index is 1180. The number of methoxy groups -OCH3 is 1. The molecule has 170 valence electrons. The van der Waals surface area contributed by atoms with Gasteiger partial charge >= 0.3 is 0 Å². The normalized spacial score (nSPS) is 19.6. The van der Waals surface area contributed by atoms with Gasteiger partial charge in [-0.25, -0.2) is 0 Å². The maximum atomic E-state index is 13.5. The Morgan fingerprint density at radius 1 is 1.12 bits per heavy atom. The quantitative estimate of drug-likeness (QED) is 0.681. The van der Waals surface area contributed by atoms with Crippen molar-refractivity contribution >= 4 is 11.4 Å². The van der Waals surface area contributed by atoms with Crippen LogP contribution in [-0.2, 0) is 16.6 Å². The predicted molar refractivity (Wildman–Crippen MR) is 128 cm³/mol. The molecule has 5 nitrogen and oxygen atoms in total. The zero-order valence-electron chi connectivity index (χ0n) is 19.6.